The van der Waals surface area contributed by atoms with Crippen molar-refractivity contribution in [3.8, 4) is 0 Å². The van der Waals surface area contributed by atoms with Crippen LogP contribution in [0.1, 0.15) is 38.2 Å². The average molecular weight is 303 g/mol. The molecule has 1 heterocycles. The highest BCUT2D eigenvalue weighted by molar-refractivity contribution is 6.42. The van der Waals surface area contributed by atoms with Crippen molar-refractivity contribution in [3.63, 3.8) is 0 Å². The Labute approximate surface area is 124 Å². The van der Waals surface area contributed by atoms with Crippen molar-refractivity contribution in [1.29, 1.82) is 0 Å². The van der Waals surface area contributed by atoms with Gasteiger partial charge in [0.15, 0.2) is 0 Å². The summed E-state index contributed by atoms with van der Waals surface area (Å²) in [4.78, 5) is 0. The van der Waals surface area contributed by atoms with Gasteiger partial charge in [-0.1, -0.05) is 42.6 Å². The monoisotopic (exact) mass is 302 g/mol. The summed E-state index contributed by atoms with van der Waals surface area (Å²) in [6.45, 7) is 2.76. The van der Waals surface area contributed by atoms with Gasteiger partial charge in [0.25, 0.3) is 0 Å². The minimum Gasteiger partial charge on any atom is -0.389 e. The van der Waals surface area contributed by atoms with E-state index in [1.807, 2.05) is 12.1 Å². The van der Waals surface area contributed by atoms with Gasteiger partial charge in [0.1, 0.15) is 0 Å². The molecule has 0 saturated carbocycles. The highest BCUT2D eigenvalue weighted by Crippen LogP contribution is 2.32. The van der Waals surface area contributed by atoms with E-state index >= 15 is 0 Å². The van der Waals surface area contributed by atoms with E-state index in [2.05, 4.69) is 6.92 Å². The average Bonchev–Trinajstić information content (AvgIpc) is 2.34. The van der Waals surface area contributed by atoms with Gasteiger partial charge in [0, 0.05) is 19.4 Å². The van der Waals surface area contributed by atoms with Crippen molar-refractivity contribution < 1.29 is 9.84 Å². The summed E-state index contributed by atoms with van der Waals surface area (Å²) >= 11 is 11.9. The molecule has 1 aliphatic rings. The molecule has 1 aromatic carbocycles. The zero-order valence-corrected chi connectivity index (χ0v) is 12.7. The maximum atomic E-state index is 10.7. The Morgan fingerprint density at radius 2 is 2.16 bits per heavy atom. The molecule has 4 heteroatoms. The molecular formula is C15H20Cl2O2. The normalized spacial score (nSPS) is 27.5. The smallest absolute Gasteiger partial charge is 0.0734 e. The molecule has 2 unspecified atom stereocenters. The minimum absolute atomic E-state index is 0.173. The maximum absolute atomic E-state index is 10.7. The molecule has 0 aliphatic carbocycles. The molecule has 1 fully saturated rings. The lowest BCUT2D eigenvalue weighted by molar-refractivity contribution is -0.104. The number of rotatable bonds is 4. The molecule has 0 radical (unpaired) electrons. The zero-order valence-electron chi connectivity index (χ0n) is 11.2. The first-order valence-corrected chi connectivity index (χ1v) is 7.56. The molecule has 1 aliphatic heterocycles. The van der Waals surface area contributed by atoms with Crippen LogP contribution in [-0.2, 0) is 11.2 Å². The van der Waals surface area contributed by atoms with Gasteiger partial charge in [-0.15, -0.1) is 0 Å². The quantitative estimate of drug-likeness (QED) is 0.901. The fraction of sp³-hybridized carbons (Fsp3) is 0.600. The second-order valence-electron chi connectivity index (χ2n) is 5.39. The maximum Gasteiger partial charge on any atom is 0.0734 e. The van der Waals surface area contributed by atoms with Crippen LogP contribution >= 0.6 is 23.2 Å². The van der Waals surface area contributed by atoms with Crippen molar-refractivity contribution in [2.24, 2.45) is 0 Å². The molecule has 2 rings (SSSR count). The van der Waals surface area contributed by atoms with Crippen LogP contribution in [0.15, 0.2) is 18.2 Å². The molecule has 19 heavy (non-hydrogen) atoms. The Kier molecular flexibility index (Phi) is 5.13. The van der Waals surface area contributed by atoms with E-state index in [0.29, 0.717) is 35.9 Å². The third kappa shape index (κ3) is 4.09. The molecule has 1 aromatic rings. The summed E-state index contributed by atoms with van der Waals surface area (Å²) in [7, 11) is 0. The van der Waals surface area contributed by atoms with Crippen LogP contribution in [0.25, 0.3) is 0 Å². The van der Waals surface area contributed by atoms with E-state index in [9.17, 15) is 5.11 Å². The standard InChI is InChI=1S/C15H20Cl2O2/c1-2-3-12-10-15(18,6-7-19-12)9-11-4-5-13(16)14(17)8-11/h4-5,8,12,18H,2-3,6-7,9-10H2,1H3. The third-order valence-electron chi connectivity index (χ3n) is 3.66. The van der Waals surface area contributed by atoms with E-state index in [4.69, 9.17) is 27.9 Å². The van der Waals surface area contributed by atoms with Crippen molar-refractivity contribution in [1.82, 2.24) is 0 Å². The van der Waals surface area contributed by atoms with Crippen LogP contribution in [0.3, 0.4) is 0 Å². The Bertz CT molecular complexity index is 434. The fourth-order valence-electron chi connectivity index (χ4n) is 2.70. The first-order valence-electron chi connectivity index (χ1n) is 6.80. The zero-order chi connectivity index (χ0) is 13.9. The lowest BCUT2D eigenvalue weighted by atomic mass is 9.83. The Hall–Kier alpha value is -0.280. The van der Waals surface area contributed by atoms with E-state index in [1.165, 1.54) is 0 Å². The largest absolute Gasteiger partial charge is 0.389 e. The summed E-state index contributed by atoms with van der Waals surface area (Å²) in [6.07, 6.45) is 4.23. The Morgan fingerprint density at radius 1 is 1.37 bits per heavy atom. The van der Waals surface area contributed by atoms with Crippen LogP contribution in [0, 0.1) is 0 Å². The Balaban J connectivity index is 2.05. The topological polar surface area (TPSA) is 29.5 Å². The van der Waals surface area contributed by atoms with Crippen molar-refractivity contribution in [3.05, 3.63) is 33.8 Å². The predicted molar refractivity (Wildman–Crippen MR) is 79.0 cm³/mol. The molecule has 1 saturated heterocycles. The van der Waals surface area contributed by atoms with Gasteiger partial charge in [-0.25, -0.2) is 0 Å². The lowest BCUT2D eigenvalue weighted by Gasteiger charge is -2.37. The van der Waals surface area contributed by atoms with Crippen LogP contribution in [-0.4, -0.2) is 23.4 Å². The van der Waals surface area contributed by atoms with E-state index in [1.54, 1.807) is 6.07 Å². The van der Waals surface area contributed by atoms with Crippen molar-refractivity contribution in [2.75, 3.05) is 6.61 Å². The molecule has 1 N–H and O–H groups in total. The SMILES string of the molecule is CCCC1CC(O)(Cc2ccc(Cl)c(Cl)c2)CCO1. The highest BCUT2D eigenvalue weighted by atomic mass is 35.5. The van der Waals surface area contributed by atoms with Crippen molar-refractivity contribution in [2.45, 2.75) is 50.7 Å². The van der Waals surface area contributed by atoms with Gasteiger partial charge in [0.05, 0.1) is 21.8 Å². The molecule has 2 atom stereocenters. The number of hydrogen-bond acceptors (Lipinski definition) is 2. The van der Waals surface area contributed by atoms with E-state index < -0.39 is 5.60 Å². The van der Waals surface area contributed by atoms with E-state index in [0.717, 1.165) is 18.4 Å². The molecule has 0 spiro atoms. The number of hydrogen-bond donors (Lipinski definition) is 1. The van der Waals surface area contributed by atoms with Gasteiger partial charge >= 0.3 is 0 Å². The predicted octanol–water partition coefficient (Wildman–Crippen LogP) is 4.25. The van der Waals surface area contributed by atoms with Gasteiger partial charge in [-0.2, -0.15) is 0 Å². The summed E-state index contributed by atoms with van der Waals surface area (Å²) in [5.41, 5.74) is 0.337. The molecule has 106 valence electrons. The van der Waals surface area contributed by atoms with Crippen LogP contribution in [0.4, 0.5) is 0 Å². The second kappa shape index (κ2) is 6.45. The summed E-state index contributed by atoms with van der Waals surface area (Å²) in [5.74, 6) is 0. The van der Waals surface area contributed by atoms with Crippen LogP contribution < -0.4 is 0 Å². The molecular weight excluding hydrogens is 283 g/mol. The van der Waals surface area contributed by atoms with Crippen LogP contribution in [0.5, 0.6) is 0 Å². The Morgan fingerprint density at radius 3 is 2.84 bits per heavy atom. The number of halogens is 2. The first-order chi connectivity index (χ1) is 9.02. The molecule has 0 bridgehead atoms. The molecule has 0 aromatic heterocycles. The second-order valence-corrected chi connectivity index (χ2v) is 6.20. The van der Waals surface area contributed by atoms with Gasteiger partial charge < -0.3 is 9.84 Å². The van der Waals surface area contributed by atoms with Gasteiger partial charge in [-0.3, -0.25) is 0 Å². The number of benzene rings is 1. The summed E-state index contributed by atoms with van der Waals surface area (Å²) < 4.78 is 5.69. The van der Waals surface area contributed by atoms with Crippen molar-refractivity contribution >= 4 is 23.2 Å². The number of ether oxygens (including phenoxy) is 1. The van der Waals surface area contributed by atoms with E-state index in [-0.39, 0.29) is 6.10 Å². The lowest BCUT2D eigenvalue weighted by Crippen LogP contribution is -2.42. The van der Waals surface area contributed by atoms with Crippen LogP contribution in [0.2, 0.25) is 10.0 Å². The third-order valence-corrected chi connectivity index (χ3v) is 4.40. The minimum atomic E-state index is -0.685. The highest BCUT2D eigenvalue weighted by Gasteiger charge is 2.34. The first kappa shape index (κ1) is 15.1. The van der Waals surface area contributed by atoms with Gasteiger partial charge in [0.2, 0.25) is 0 Å². The summed E-state index contributed by atoms with van der Waals surface area (Å²) in [5, 5.41) is 11.8. The molecule has 2 nitrogen and oxygen atoms in total. The molecule has 0 amide bonds. The summed E-state index contributed by atoms with van der Waals surface area (Å²) in [6, 6.07) is 5.55. The number of aliphatic hydroxyl groups is 1. The fourth-order valence-corrected chi connectivity index (χ4v) is 3.02. The van der Waals surface area contributed by atoms with Gasteiger partial charge in [-0.05, 0) is 30.5 Å².